The summed E-state index contributed by atoms with van der Waals surface area (Å²) >= 11 is 0. The van der Waals surface area contributed by atoms with Crippen molar-refractivity contribution in [1.29, 1.82) is 0 Å². The van der Waals surface area contributed by atoms with E-state index >= 15 is 0 Å². The van der Waals surface area contributed by atoms with Gasteiger partial charge < -0.3 is 11.1 Å². The van der Waals surface area contributed by atoms with Gasteiger partial charge in [0.25, 0.3) is 0 Å². The Bertz CT molecular complexity index is 410. The van der Waals surface area contributed by atoms with E-state index in [2.05, 4.69) is 24.4 Å². The molecule has 0 bridgehead atoms. The van der Waals surface area contributed by atoms with Crippen LogP contribution in [0.5, 0.6) is 0 Å². The van der Waals surface area contributed by atoms with Crippen molar-refractivity contribution in [3.8, 4) is 0 Å². The summed E-state index contributed by atoms with van der Waals surface area (Å²) in [6, 6.07) is 10.5. The van der Waals surface area contributed by atoms with E-state index in [1.807, 2.05) is 18.2 Å². The lowest BCUT2D eigenvalue weighted by atomic mass is 9.85. The van der Waals surface area contributed by atoms with Crippen molar-refractivity contribution < 1.29 is 4.79 Å². The predicted octanol–water partition coefficient (Wildman–Crippen LogP) is 2.85. The Labute approximate surface area is 127 Å². The smallest absolute Gasteiger partial charge is 0.223 e. The fourth-order valence-corrected chi connectivity index (χ4v) is 2.76. The lowest BCUT2D eigenvalue weighted by molar-refractivity contribution is -0.126. The van der Waals surface area contributed by atoms with Crippen LogP contribution in [0.4, 0.5) is 0 Å². The lowest BCUT2D eigenvalue weighted by Crippen LogP contribution is -2.38. The molecule has 1 amide bonds. The van der Waals surface area contributed by atoms with Gasteiger partial charge in [-0.2, -0.15) is 0 Å². The van der Waals surface area contributed by atoms with Gasteiger partial charge in [-0.1, -0.05) is 43.7 Å². The second-order valence-electron chi connectivity index (χ2n) is 5.68. The predicted molar refractivity (Wildman–Crippen MR) is 85.0 cm³/mol. The van der Waals surface area contributed by atoms with Crippen LogP contribution in [0.25, 0.3) is 0 Å². The third-order valence-corrected chi connectivity index (χ3v) is 4.04. The van der Waals surface area contributed by atoms with E-state index < -0.39 is 0 Å². The molecule has 0 aliphatic heterocycles. The highest BCUT2D eigenvalue weighted by atomic mass is 35.5. The number of hydrogen-bond donors (Lipinski definition) is 2. The van der Waals surface area contributed by atoms with Crippen LogP contribution in [0.15, 0.2) is 30.3 Å². The Morgan fingerprint density at radius 2 is 2.05 bits per heavy atom. The number of carbonyl (C=O) groups excluding carboxylic acids is 1. The Morgan fingerprint density at radius 3 is 2.70 bits per heavy atom. The van der Waals surface area contributed by atoms with Gasteiger partial charge in [-0.3, -0.25) is 4.79 Å². The van der Waals surface area contributed by atoms with Gasteiger partial charge in [-0.15, -0.1) is 12.4 Å². The molecule has 1 aliphatic rings. The van der Waals surface area contributed by atoms with E-state index in [9.17, 15) is 4.79 Å². The fourth-order valence-electron chi connectivity index (χ4n) is 2.76. The first-order chi connectivity index (χ1) is 9.16. The zero-order chi connectivity index (χ0) is 13.7. The van der Waals surface area contributed by atoms with Crippen LogP contribution in [-0.4, -0.2) is 18.5 Å². The van der Waals surface area contributed by atoms with Crippen molar-refractivity contribution in [2.45, 2.75) is 44.6 Å². The Hall–Kier alpha value is -1.06. The molecule has 2 rings (SSSR count). The van der Waals surface area contributed by atoms with E-state index in [0.29, 0.717) is 12.5 Å². The van der Waals surface area contributed by atoms with Gasteiger partial charge in [-0.25, -0.2) is 0 Å². The molecule has 3 N–H and O–H groups in total. The van der Waals surface area contributed by atoms with Crippen LogP contribution in [-0.2, 0) is 4.79 Å². The normalized spacial score (nSPS) is 23.5. The molecule has 1 aromatic carbocycles. The average Bonchev–Trinajstić information content (AvgIpc) is 2.45. The first kappa shape index (κ1) is 17.0. The summed E-state index contributed by atoms with van der Waals surface area (Å²) in [6.45, 7) is 2.84. The summed E-state index contributed by atoms with van der Waals surface area (Å²) in [5.74, 6) is 0.645. The minimum Gasteiger partial charge on any atom is -0.355 e. The number of benzene rings is 1. The summed E-state index contributed by atoms with van der Waals surface area (Å²) in [5, 5.41) is 3.08. The average molecular weight is 297 g/mol. The molecule has 0 saturated heterocycles. The van der Waals surface area contributed by atoms with E-state index in [-0.39, 0.29) is 30.3 Å². The summed E-state index contributed by atoms with van der Waals surface area (Å²) in [5.41, 5.74) is 7.20. The SMILES string of the molecule is CC(CNC(=O)C1CCCC(N)C1)c1ccccc1.Cl. The Morgan fingerprint density at radius 1 is 1.35 bits per heavy atom. The van der Waals surface area contributed by atoms with Gasteiger partial charge in [0.05, 0.1) is 0 Å². The summed E-state index contributed by atoms with van der Waals surface area (Å²) in [7, 11) is 0. The minimum atomic E-state index is 0. The number of halogens is 1. The highest BCUT2D eigenvalue weighted by Gasteiger charge is 2.25. The second-order valence-corrected chi connectivity index (χ2v) is 5.68. The fraction of sp³-hybridized carbons (Fsp3) is 0.562. The maximum atomic E-state index is 12.1. The molecule has 1 fully saturated rings. The molecule has 20 heavy (non-hydrogen) atoms. The van der Waals surface area contributed by atoms with Gasteiger partial charge in [0, 0.05) is 18.5 Å². The Kier molecular flexibility index (Phi) is 7.03. The zero-order valence-electron chi connectivity index (χ0n) is 12.0. The minimum absolute atomic E-state index is 0. The topological polar surface area (TPSA) is 55.1 Å². The molecule has 1 aromatic rings. The van der Waals surface area contributed by atoms with Gasteiger partial charge >= 0.3 is 0 Å². The van der Waals surface area contributed by atoms with Crippen LogP contribution in [0, 0.1) is 5.92 Å². The van der Waals surface area contributed by atoms with Crippen LogP contribution in [0.3, 0.4) is 0 Å². The van der Waals surface area contributed by atoms with Crippen molar-refractivity contribution >= 4 is 18.3 Å². The number of hydrogen-bond acceptors (Lipinski definition) is 2. The van der Waals surface area contributed by atoms with Gasteiger partial charge in [0.1, 0.15) is 0 Å². The van der Waals surface area contributed by atoms with Gasteiger partial charge in [-0.05, 0) is 30.7 Å². The maximum absolute atomic E-state index is 12.1. The summed E-state index contributed by atoms with van der Waals surface area (Å²) in [6.07, 6.45) is 3.96. The van der Waals surface area contributed by atoms with Gasteiger partial charge in [0.15, 0.2) is 0 Å². The molecule has 1 aliphatic carbocycles. The van der Waals surface area contributed by atoms with Crippen LogP contribution >= 0.6 is 12.4 Å². The maximum Gasteiger partial charge on any atom is 0.223 e. The summed E-state index contributed by atoms with van der Waals surface area (Å²) in [4.78, 5) is 12.1. The number of rotatable bonds is 4. The molecular formula is C16H25ClN2O. The van der Waals surface area contributed by atoms with Crippen molar-refractivity contribution in [1.82, 2.24) is 5.32 Å². The molecule has 1 saturated carbocycles. The first-order valence-corrected chi connectivity index (χ1v) is 7.25. The highest BCUT2D eigenvalue weighted by molar-refractivity contribution is 5.85. The first-order valence-electron chi connectivity index (χ1n) is 7.25. The quantitative estimate of drug-likeness (QED) is 0.897. The lowest BCUT2D eigenvalue weighted by Gasteiger charge is -2.26. The molecule has 3 nitrogen and oxygen atoms in total. The van der Waals surface area contributed by atoms with Crippen LogP contribution < -0.4 is 11.1 Å². The molecule has 0 aromatic heterocycles. The van der Waals surface area contributed by atoms with Crippen molar-refractivity contribution in [3.63, 3.8) is 0 Å². The number of carbonyl (C=O) groups is 1. The standard InChI is InChI=1S/C16H24N2O.ClH/c1-12(13-6-3-2-4-7-13)11-18-16(19)14-8-5-9-15(17)10-14;/h2-4,6-7,12,14-15H,5,8-11,17H2,1H3,(H,18,19);1H. The largest absolute Gasteiger partial charge is 0.355 e. The van der Waals surface area contributed by atoms with E-state index in [0.717, 1.165) is 25.7 Å². The van der Waals surface area contributed by atoms with Crippen molar-refractivity contribution in [2.24, 2.45) is 11.7 Å². The van der Waals surface area contributed by atoms with E-state index in [4.69, 9.17) is 5.73 Å². The van der Waals surface area contributed by atoms with Crippen LogP contribution in [0.2, 0.25) is 0 Å². The van der Waals surface area contributed by atoms with E-state index in [1.54, 1.807) is 0 Å². The van der Waals surface area contributed by atoms with Crippen molar-refractivity contribution in [2.75, 3.05) is 6.54 Å². The summed E-state index contributed by atoms with van der Waals surface area (Å²) < 4.78 is 0. The molecular weight excluding hydrogens is 272 g/mol. The second kappa shape index (κ2) is 8.28. The number of nitrogens with two attached hydrogens (primary N) is 1. The molecule has 0 radical (unpaired) electrons. The van der Waals surface area contributed by atoms with Crippen molar-refractivity contribution in [3.05, 3.63) is 35.9 Å². The van der Waals surface area contributed by atoms with E-state index in [1.165, 1.54) is 5.56 Å². The Balaban J connectivity index is 0.00000200. The molecule has 0 heterocycles. The monoisotopic (exact) mass is 296 g/mol. The molecule has 4 heteroatoms. The zero-order valence-corrected chi connectivity index (χ0v) is 12.9. The van der Waals surface area contributed by atoms with Gasteiger partial charge in [0.2, 0.25) is 5.91 Å². The molecule has 3 unspecified atom stereocenters. The number of nitrogens with one attached hydrogen (secondary N) is 1. The third kappa shape index (κ3) is 4.80. The molecule has 0 spiro atoms. The number of amides is 1. The molecule has 112 valence electrons. The van der Waals surface area contributed by atoms with Crippen LogP contribution in [0.1, 0.15) is 44.1 Å². The highest BCUT2D eigenvalue weighted by Crippen LogP contribution is 2.23. The molecule has 3 atom stereocenters. The third-order valence-electron chi connectivity index (χ3n) is 4.04.